The van der Waals surface area contributed by atoms with E-state index in [1.165, 1.54) is 24.3 Å². The van der Waals surface area contributed by atoms with Crippen molar-refractivity contribution in [3.63, 3.8) is 0 Å². The molecule has 0 bridgehead atoms. The highest BCUT2D eigenvalue weighted by Gasteiger charge is 2.41. The number of aliphatic hydroxyl groups excluding tert-OH is 6. The number of ether oxygens (including phenoxy) is 4. The van der Waals surface area contributed by atoms with Crippen LogP contribution < -0.4 is 14.9 Å². The zero-order valence-electron chi connectivity index (χ0n) is 20.4. The second kappa shape index (κ2) is 10.7. The van der Waals surface area contributed by atoms with Crippen LogP contribution in [0, 0.1) is 0 Å². The number of hydrogen-bond acceptors (Lipinski definition) is 15. The van der Waals surface area contributed by atoms with Gasteiger partial charge in [0.25, 0.3) is 0 Å². The van der Waals surface area contributed by atoms with Crippen LogP contribution in [0.1, 0.15) is 0 Å². The Morgan fingerprint density at radius 1 is 0.725 bits per heavy atom. The highest BCUT2D eigenvalue weighted by Crippen LogP contribution is 2.43. The summed E-state index contributed by atoms with van der Waals surface area (Å²) in [6.07, 6.45) is -12.0. The van der Waals surface area contributed by atoms with Gasteiger partial charge in [0.15, 0.2) is 17.1 Å². The number of rotatable bonds is 5. The van der Waals surface area contributed by atoms with E-state index in [4.69, 9.17) is 23.4 Å². The summed E-state index contributed by atoms with van der Waals surface area (Å²) in [5, 5.41) is 90.0. The van der Waals surface area contributed by atoms with E-state index in [1.54, 1.807) is 0 Å². The van der Waals surface area contributed by atoms with Gasteiger partial charge in [0.2, 0.25) is 29.5 Å². The molecule has 3 heterocycles. The molecule has 15 heteroatoms. The lowest BCUT2D eigenvalue weighted by Gasteiger charge is -2.35. The summed E-state index contributed by atoms with van der Waals surface area (Å²) in [6, 6.07) is 6.19. The predicted octanol–water partition coefficient (Wildman–Crippen LogP) is -1.79. The lowest BCUT2D eigenvalue weighted by Crippen LogP contribution is -2.54. The lowest BCUT2D eigenvalue weighted by atomic mass is 10.1. The number of phenolic OH excluding ortho intramolecular Hbond substituents is 2. The Hall–Kier alpha value is -3.67. The first-order valence-corrected chi connectivity index (χ1v) is 12.0. The maximum absolute atomic E-state index is 13.0. The molecule has 0 spiro atoms. The van der Waals surface area contributed by atoms with Crippen molar-refractivity contribution in [3.05, 3.63) is 40.6 Å². The van der Waals surface area contributed by atoms with Gasteiger partial charge in [0.05, 0.1) is 13.2 Å². The first-order chi connectivity index (χ1) is 19.0. The number of aliphatic hydroxyl groups is 6. The average molecular weight is 566 g/mol. The third-order valence-corrected chi connectivity index (χ3v) is 6.57. The fourth-order valence-corrected chi connectivity index (χ4v) is 4.31. The molecule has 1 aromatic heterocycles. The molecule has 15 nitrogen and oxygen atoms in total. The molecule has 0 aliphatic carbocycles. The van der Waals surface area contributed by atoms with Gasteiger partial charge in [-0.05, 0) is 24.3 Å². The largest absolute Gasteiger partial charge is 0.507 e. The fourth-order valence-electron chi connectivity index (χ4n) is 4.31. The van der Waals surface area contributed by atoms with Gasteiger partial charge >= 0.3 is 0 Å². The molecular weight excluding hydrogens is 540 g/mol. The normalized spacial score (nSPS) is 30.8. The van der Waals surface area contributed by atoms with Crippen LogP contribution in [0.25, 0.3) is 22.3 Å². The minimum absolute atomic E-state index is 0.116. The minimum atomic E-state index is -1.76. The van der Waals surface area contributed by atoms with E-state index in [-0.39, 0.29) is 17.9 Å². The first kappa shape index (κ1) is 27.9. The zero-order valence-corrected chi connectivity index (χ0v) is 20.4. The monoisotopic (exact) mass is 566 g/mol. The third kappa shape index (κ3) is 4.89. The number of hydrogen-bond donors (Lipinski definition) is 9. The van der Waals surface area contributed by atoms with Gasteiger partial charge in [-0.25, -0.2) is 0 Å². The zero-order chi connectivity index (χ0) is 28.9. The molecule has 2 aliphatic heterocycles. The van der Waals surface area contributed by atoms with E-state index >= 15 is 0 Å². The maximum atomic E-state index is 13.0. The van der Waals surface area contributed by atoms with E-state index in [2.05, 4.69) is 0 Å². The minimum Gasteiger partial charge on any atom is -0.507 e. The number of fused-ring (bicyclic) bond motifs is 1. The van der Waals surface area contributed by atoms with Crippen LogP contribution in [-0.4, -0.2) is 108 Å². The van der Waals surface area contributed by atoms with Crippen molar-refractivity contribution in [2.75, 3.05) is 13.2 Å². The Bertz CT molecular complexity index is 1440. The highest BCUT2D eigenvalue weighted by molar-refractivity contribution is 5.93. The van der Waals surface area contributed by atoms with Crippen molar-refractivity contribution in [3.8, 4) is 40.1 Å². The third-order valence-electron chi connectivity index (χ3n) is 6.57. The van der Waals surface area contributed by atoms with E-state index < -0.39 is 101 Å². The van der Waals surface area contributed by atoms with Crippen molar-refractivity contribution in [1.29, 1.82) is 0 Å². The molecular formula is C25H26O15. The SMILES string of the molecule is O=c1c(O)c(-c2ccc(O[C@@H]3OC[C@@H](O)C(O)C3O)cc2)oc2c(O[C@@H]3OC[C@@H](O)[C@H](O)C3O)c(O)cc(O)c12. The Kier molecular flexibility index (Phi) is 7.47. The van der Waals surface area contributed by atoms with Crippen LogP contribution in [0.15, 0.2) is 39.5 Å². The molecule has 9 N–H and O–H groups in total. The summed E-state index contributed by atoms with van der Waals surface area (Å²) >= 11 is 0. The fraction of sp³-hybridized carbons (Fsp3) is 0.400. The molecule has 2 saturated heterocycles. The molecule has 216 valence electrons. The molecule has 8 atom stereocenters. The molecule has 2 aliphatic rings. The molecule has 0 amide bonds. The number of aromatic hydroxyl groups is 3. The molecule has 0 radical (unpaired) electrons. The first-order valence-electron chi connectivity index (χ1n) is 12.0. The Balaban J connectivity index is 1.49. The summed E-state index contributed by atoms with van der Waals surface area (Å²) in [5.41, 5.74) is -1.50. The van der Waals surface area contributed by atoms with Crippen molar-refractivity contribution in [2.45, 2.75) is 49.2 Å². The van der Waals surface area contributed by atoms with Crippen molar-refractivity contribution in [2.24, 2.45) is 0 Å². The van der Waals surface area contributed by atoms with Crippen LogP contribution in [0.4, 0.5) is 0 Å². The molecule has 5 rings (SSSR count). The summed E-state index contributed by atoms with van der Waals surface area (Å²) in [6.45, 7) is -0.698. The summed E-state index contributed by atoms with van der Waals surface area (Å²) in [7, 11) is 0. The van der Waals surface area contributed by atoms with Crippen LogP contribution >= 0.6 is 0 Å². The van der Waals surface area contributed by atoms with Crippen LogP contribution in [0.2, 0.25) is 0 Å². The Morgan fingerprint density at radius 2 is 1.27 bits per heavy atom. The molecule has 3 aromatic rings. The number of benzene rings is 2. The Labute approximate surface area is 223 Å². The predicted molar refractivity (Wildman–Crippen MR) is 130 cm³/mol. The second-order valence-electron chi connectivity index (χ2n) is 9.32. The molecule has 0 saturated carbocycles. The van der Waals surface area contributed by atoms with Gasteiger partial charge in [-0.15, -0.1) is 0 Å². The van der Waals surface area contributed by atoms with Crippen LogP contribution in [0.3, 0.4) is 0 Å². The van der Waals surface area contributed by atoms with Crippen LogP contribution in [-0.2, 0) is 9.47 Å². The second-order valence-corrected chi connectivity index (χ2v) is 9.32. The number of phenols is 2. The van der Waals surface area contributed by atoms with Gasteiger partial charge < -0.3 is 69.3 Å². The van der Waals surface area contributed by atoms with Gasteiger partial charge in [-0.1, -0.05) is 0 Å². The van der Waals surface area contributed by atoms with Crippen molar-refractivity contribution in [1.82, 2.24) is 0 Å². The summed E-state index contributed by atoms with van der Waals surface area (Å²) < 4.78 is 27.1. The van der Waals surface area contributed by atoms with E-state index in [0.29, 0.717) is 0 Å². The molecule has 2 aromatic carbocycles. The standard InChI is InChI=1S/C25H26O15/c26-10-5-11(27)22(40-25-20(35)16(31)13(29)7-37-25)23-14(10)17(32)18(33)21(39-23)8-1-3-9(4-2-8)38-24-19(34)15(30)12(28)6-36-24/h1-5,12-13,15-16,19-20,24-31,33-35H,6-7H2/t12-,13-,15?,16+,19?,20?,24+,25+/m1/s1. The van der Waals surface area contributed by atoms with E-state index in [1.807, 2.05) is 0 Å². The average Bonchev–Trinajstić information content (AvgIpc) is 2.93. The topological polar surface area (TPSA) is 249 Å². The molecule has 3 unspecified atom stereocenters. The molecule has 40 heavy (non-hydrogen) atoms. The van der Waals surface area contributed by atoms with Crippen molar-refractivity contribution < 1.29 is 69.3 Å². The maximum Gasteiger partial charge on any atom is 0.238 e. The smallest absolute Gasteiger partial charge is 0.238 e. The highest BCUT2D eigenvalue weighted by atomic mass is 16.7. The van der Waals surface area contributed by atoms with E-state index in [0.717, 1.165) is 6.07 Å². The van der Waals surface area contributed by atoms with E-state index in [9.17, 15) is 50.8 Å². The molecule has 2 fully saturated rings. The summed E-state index contributed by atoms with van der Waals surface area (Å²) in [4.78, 5) is 13.0. The van der Waals surface area contributed by atoms with Gasteiger partial charge in [-0.2, -0.15) is 0 Å². The lowest BCUT2D eigenvalue weighted by molar-refractivity contribution is -0.242. The van der Waals surface area contributed by atoms with Gasteiger partial charge in [0, 0.05) is 11.6 Å². The van der Waals surface area contributed by atoms with Crippen molar-refractivity contribution >= 4 is 11.0 Å². The van der Waals surface area contributed by atoms with Gasteiger partial charge in [-0.3, -0.25) is 4.79 Å². The van der Waals surface area contributed by atoms with Gasteiger partial charge in [0.1, 0.15) is 53.5 Å². The Morgan fingerprint density at radius 3 is 1.85 bits per heavy atom. The quantitative estimate of drug-likeness (QED) is 0.165. The summed E-state index contributed by atoms with van der Waals surface area (Å²) in [5.74, 6) is -3.22. The van der Waals surface area contributed by atoms with Crippen LogP contribution in [0.5, 0.6) is 28.7 Å².